The zero-order valence-electron chi connectivity index (χ0n) is 18.5. The van der Waals surface area contributed by atoms with Crippen molar-refractivity contribution in [2.45, 2.75) is 58.8 Å². The first-order chi connectivity index (χ1) is 14.4. The lowest BCUT2D eigenvalue weighted by molar-refractivity contribution is -0.143. The number of nitrogens with zero attached hydrogens (tertiary/aromatic N) is 3. The van der Waals surface area contributed by atoms with E-state index in [2.05, 4.69) is 34.7 Å². The third-order valence-corrected chi connectivity index (χ3v) is 6.05. The average molecular weight is 438 g/mol. The van der Waals surface area contributed by atoms with Gasteiger partial charge in [0.05, 0.1) is 18.2 Å². The van der Waals surface area contributed by atoms with Crippen LogP contribution in [-0.2, 0) is 27.5 Å². The molecule has 1 aliphatic rings. The Hall–Kier alpha value is -1.39. The van der Waals surface area contributed by atoms with E-state index in [1.165, 1.54) is 6.33 Å². The third-order valence-electron chi connectivity index (χ3n) is 5.29. The summed E-state index contributed by atoms with van der Waals surface area (Å²) in [4.78, 5) is 8.64. The van der Waals surface area contributed by atoms with Crippen LogP contribution < -0.4 is 11.1 Å². The highest BCUT2D eigenvalue weighted by molar-refractivity contribution is 7.98. The number of aromatic nitrogens is 3. The van der Waals surface area contributed by atoms with E-state index in [0.29, 0.717) is 31.6 Å². The standard InChI is InChI=1S/C21H35N5O3S/c1-5-6-7-27-14-26-10-15(18-19(26)20(22)25-13-24-18)8-23-9-16(12-30-4)17-11-28-21(2,3)29-17/h10,13,16-17,23H,5-9,11-12,14H2,1-4H3,(H2,22,24,25)/t16?,17-/m0/s1. The Kier molecular flexibility index (Phi) is 8.35. The number of hydrogen-bond acceptors (Lipinski definition) is 8. The normalized spacial score (nSPS) is 19.5. The van der Waals surface area contributed by atoms with Gasteiger partial charge in [0.15, 0.2) is 11.6 Å². The van der Waals surface area contributed by atoms with Crippen LogP contribution in [0.15, 0.2) is 12.5 Å². The molecule has 1 fully saturated rings. The van der Waals surface area contributed by atoms with Crippen molar-refractivity contribution in [3.8, 4) is 0 Å². The highest BCUT2D eigenvalue weighted by atomic mass is 32.2. The molecule has 0 radical (unpaired) electrons. The van der Waals surface area contributed by atoms with Crippen molar-refractivity contribution in [1.82, 2.24) is 19.9 Å². The summed E-state index contributed by atoms with van der Waals surface area (Å²) in [6.45, 7) is 9.44. The molecule has 0 bridgehead atoms. The van der Waals surface area contributed by atoms with Gasteiger partial charge < -0.3 is 29.8 Å². The average Bonchev–Trinajstić information content (AvgIpc) is 3.25. The lowest BCUT2D eigenvalue weighted by atomic mass is 10.1. The second kappa shape index (κ2) is 10.8. The molecule has 3 heterocycles. The molecule has 3 rings (SSSR count). The van der Waals surface area contributed by atoms with Crippen LogP contribution in [0, 0.1) is 5.92 Å². The maximum atomic E-state index is 6.14. The van der Waals surface area contributed by atoms with Crippen molar-refractivity contribution in [3.63, 3.8) is 0 Å². The summed E-state index contributed by atoms with van der Waals surface area (Å²) >= 11 is 1.83. The molecule has 9 heteroatoms. The topological polar surface area (TPSA) is 96.5 Å². The third kappa shape index (κ3) is 5.85. The number of ether oxygens (including phenoxy) is 3. The largest absolute Gasteiger partial charge is 0.382 e. The molecule has 2 aromatic rings. The lowest BCUT2D eigenvalue weighted by Gasteiger charge is -2.24. The predicted octanol–water partition coefficient (Wildman–Crippen LogP) is 3.01. The summed E-state index contributed by atoms with van der Waals surface area (Å²) < 4.78 is 19.7. The van der Waals surface area contributed by atoms with E-state index in [1.807, 2.05) is 30.2 Å². The number of fused-ring (bicyclic) bond motifs is 1. The number of nitrogens with one attached hydrogen (secondary N) is 1. The second-order valence-electron chi connectivity index (χ2n) is 8.18. The van der Waals surface area contributed by atoms with Gasteiger partial charge in [0, 0.05) is 37.4 Å². The van der Waals surface area contributed by atoms with Crippen LogP contribution in [-0.4, -0.2) is 58.2 Å². The quantitative estimate of drug-likeness (QED) is 0.489. The molecule has 2 atom stereocenters. The first-order valence-electron chi connectivity index (χ1n) is 10.6. The molecule has 1 unspecified atom stereocenters. The van der Waals surface area contributed by atoms with Crippen molar-refractivity contribution in [1.29, 1.82) is 0 Å². The van der Waals surface area contributed by atoms with Gasteiger partial charge >= 0.3 is 0 Å². The minimum absolute atomic E-state index is 0.103. The van der Waals surface area contributed by atoms with Crippen molar-refractivity contribution >= 4 is 28.6 Å². The van der Waals surface area contributed by atoms with E-state index in [1.54, 1.807) is 0 Å². The van der Waals surface area contributed by atoms with E-state index in [-0.39, 0.29) is 6.10 Å². The molecule has 8 nitrogen and oxygen atoms in total. The lowest BCUT2D eigenvalue weighted by Crippen LogP contribution is -2.35. The van der Waals surface area contributed by atoms with Gasteiger partial charge in [-0.1, -0.05) is 13.3 Å². The van der Waals surface area contributed by atoms with Gasteiger partial charge in [-0.2, -0.15) is 11.8 Å². The maximum absolute atomic E-state index is 6.14. The Morgan fingerprint density at radius 3 is 2.97 bits per heavy atom. The van der Waals surface area contributed by atoms with Gasteiger partial charge in [-0.3, -0.25) is 0 Å². The number of thioether (sulfide) groups is 1. The summed E-state index contributed by atoms with van der Waals surface area (Å²) in [7, 11) is 0. The number of hydrogen-bond donors (Lipinski definition) is 2. The fourth-order valence-electron chi connectivity index (χ4n) is 3.72. The van der Waals surface area contributed by atoms with Crippen LogP contribution >= 0.6 is 11.8 Å². The molecule has 0 saturated carbocycles. The molecular formula is C21H35N5O3S. The first-order valence-corrected chi connectivity index (χ1v) is 12.0. The zero-order valence-corrected chi connectivity index (χ0v) is 19.3. The van der Waals surface area contributed by atoms with Crippen LogP contribution in [0.25, 0.3) is 11.0 Å². The minimum atomic E-state index is -0.499. The number of unbranched alkanes of at least 4 members (excludes halogenated alkanes) is 1. The summed E-state index contributed by atoms with van der Waals surface area (Å²) in [5, 5.41) is 3.59. The van der Waals surface area contributed by atoms with Gasteiger partial charge in [-0.25, -0.2) is 9.97 Å². The predicted molar refractivity (Wildman–Crippen MR) is 121 cm³/mol. The molecule has 3 N–H and O–H groups in total. The molecule has 2 aromatic heterocycles. The zero-order chi connectivity index (χ0) is 21.6. The Labute approximate surface area is 183 Å². The van der Waals surface area contributed by atoms with E-state index in [0.717, 1.165) is 48.3 Å². The first kappa shape index (κ1) is 23.3. The van der Waals surface area contributed by atoms with Gasteiger partial charge in [0.2, 0.25) is 0 Å². The van der Waals surface area contributed by atoms with E-state index in [4.69, 9.17) is 19.9 Å². The fourth-order valence-corrected chi connectivity index (χ4v) is 4.48. The minimum Gasteiger partial charge on any atom is -0.382 e. The Balaban J connectivity index is 1.65. The molecule has 1 aliphatic heterocycles. The molecule has 0 aliphatic carbocycles. The second-order valence-corrected chi connectivity index (χ2v) is 9.10. The van der Waals surface area contributed by atoms with E-state index >= 15 is 0 Å². The molecule has 30 heavy (non-hydrogen) atoms. The van der Waals surface area contributed by atoms with Crippen LogP contribution in [0.4, 0.5) is 5.82 Å². The van der Waals surface area contributed by atoms with Gasteiger partial charge in [0.1, 0.15) is 18.6 Å². The molecule has 0 spiro atoms. The number of anilines is 1. The van der Waals surface area contributed by atoms with Gasteiger partial charge in [-0.05, 0) is 32.3 Å². The van der Waals surface area contributed by atoms with Crippen molar-refractivity contribution in [3.05, 3.63) is 18.1 Å². The molecule has 0 amide bonds. The Morgan fingerprint density at radius 1 is 1.43 bits per heavy atom. The Morgan fingerprint density at radius 2 is 2.27 bits per heavy atom. The SMILES string of the molecule is CCCCOCn1cc(CNCC(CSC)[C@@H]2COC(C)(C)O2)c2ncnc(N)c21. The highest BCUT2D eigenvalue weighted by Crippen LogP contribution is 2.28. The van der Waals surface area contributed by atoms with Gasteiger partial charge in [-0.15, -0.1) is 0 Å². The maximum Gasteiger partial charge on any atom is 0.163 e. The number of nitrogens with two attached hydrogens (primary N) is 1. The van der Waals surface area contributed by atoms with Crippen LogP contribution in [0.5, 0.6) is 0 Å². The highest BCUT2D eigenvalue weighted by Gasteiger charge is 2.36. The van der Waals surface area contributed by atoms with Crippen LogP contribution in [0.3, 0.4) is 0 Å². The molecular weight excluding hydrogens is 402 g/mol. The van der Waals surface area contributed by atoms with Crippen LogP contribution in [0.1, 0.15) is 39.2 Å². The van der Waals surface area contributed by atoms with Crippen molar-refractivity contribution in [2.24, 2.45) is 5.92 Å². The summed E-state index contributed by atoms with van der Waals surface area (Å²) in [5.41, 5.74) is 8.94. The molecule has 0 aromatic carbocycles. The monoisotopic (exact) mass is 437 g/mol. The smallest absolute Gasteiger partial charge is 0.163 e. The summed E-state index contributed by atoms with van der Waals surface area (Å²) in [6.07, 6.45) is 7.96. The summed E-state index contributed by atoms with van der Waals surface area (Å²) in [5.74, 6) is 1.36. The fraction of sp³-hybridized carbons (Fsp3) is 0.714. The Bertz CT molecular complexity index is 813. The van der Waals surface area contributed by atoms with Gasteiger partial charge in [0.25, 0.3) is 0 Å². The summed E-state index contributed by atoms with van der Waals surface area (Å²) in [6, 6.07) is 0. The van der Waals surface area contributed by atoms with Crippen molar-refractivity contribution < 1.29 is 14.2 Å². The number of rotatable bonds is 12. The van der Waals surface area contributed by atoms with E-state index in [9.17, 15) is 0 Å². The van der Waals surface area contributed by atoms with Crippen molar-refractivity contribution in [2.75, 3.05) is 37.5 Å². The molecule has 1 saturated heterocycles. The van der Waals surface area contributed by atoms with Crippen LogP contribution in [0.2, 0.25) is 0 Å². The number of nitrogen functional groups attached to an aromatic ring is 1. The molecule has 168 valence electrons. The van der Waals surface area contributed by atoms with E-state index < -0.39 is 5.79 Å².